The van der Waals surface area contributed by atoms with E-state index in [4.69, 9.17) is 4.74 Å². The number of carbonyl (C=O) groups excluding carboxylic acids is 1. The normalized spacial score (nSPS) is 21.9. The summed E-state index contributed by atoms with van der Waals surface area (Å²) in [5.41, 5.74) is 0. The minimum Gasteiger partial charge on any atom is -0.432 e. The van der Waals surface area contributed by atoms with Crippen LogP contribution in [0.3, 0.4) is 0 Å². The third kappa shape index (κ3) is 2.64. The second-order valence-electron chi connectivity index (χ2n) is 2.29. The van der Waals surface area contributed by atoms with Crippen LogP contribution >= 0.6 is 0 Å². The molecule has 1 heterocycles. The summed E-state index contributed by atoms with van der Waals surface area (Å²) in [6.07, 6.45) is 0.881. The van der Waals surface area contributed by atoms with Crippen molar-refractivity contribution in [3.05, 3.63) is 12.3 Å². The summed E-state index contributed by atoms with van der Waals surface area (Å²) in [4.78, 5) is 10.3. The van der Waals surface area contributed by atoms with Gasteiger partial charge in [-0.1, -0.05) is 6.58 Å². The van der Waals surface area contributed by atoms with Crippen molar-refractivity contribution < 1.29 is 14.3 Å². The molecule has 10 heavy (non-hydrogen) atoms. The van der Waals surface area contributed by atoms with Crippen LogP contribution in [-0.4, -0.2) is 18.7 Å². The van der Waals surface area contributed by atoms with Gasteiger partial charge in [-0.15, -0.1) is 0 Å². The summed E-state index contributed by atoms with van der Waals surface area (Å²) in [6, 6.07) is 0. The van der Waals surface area contributed by atoms with Crippen LogP contribution in [-0.2, 0) is 14.3 Å². The van der Waals surface area contributed by atoms with E-state index in [-0.39, 0.29) is 12.1 Å². The zero-order valence-electron chi connectivity index (χ0n) is 5.92. The first-order valence-electron chi connectivity index (χ1n) is 3.16. The summed E-state index contributed by atoms with van der Waals surface area (Å²) < 4.78 is 9.60. The zero-order valence-corrected chi connectivity index (χ0v) is 5.92. The van der Waals surface area contributed by atoms with Crippen molar-refractivity contribution in [3.8, 4) is 0 Å². The van der Waals surface area contributed by atoms with Gasteiger partial charge in [-0.05, 0) is 0 Å². The molecule has 0 aromatic heterocycles. The van der Waals surface area contributed by atoms with E-state index in [1.54, 1.807) is 0 Å². The Morgan fingerprint density at radius 2 is 2.50 bits per heavy atom. The van der Waals surface area contributed by atoms with Crippen molar-refractivity contribution in [1.82, 2.24) is 0 Å². The summed E-state index contributed by atoms with van der Waals surface area (Å²) in [7, 11) is 0. The van der Waals surface area contributed by atoms with E-state index in [0.717, 1.165) is 6.61 Å². The Bertz CT molecular complexity index is 158. The van der Waals surface area contributed by atoms with E-state index in [9.17, 15) is 4.79 Å². The predicted molar refractivity (Wildman–Crippen MR) is 35.3 cm³/mol. The smallest absolute Gasteiger partial charge is 0.307 e. The Morgan fingerprint density at radius 1 is 1.90 bits per heavy atom. The molecular weight excluding hydrogens is 132 g/mol. The van der Waals surface area contributed by atoms with Crippen LogP contribution in [0.4, 0.5) is 0 Å². The Labute approximate surface area is 59.6 Å². The fourth-order valence-electron chi connectivity index (χ4n) is 0.685. The van der Waals surface area contributed by atoms with Gasteiger partial charge >= 0.3 is 5.97 Å². The Morgan fingerprint density at radius 3 is 2.90 bits per heavy atom. The highest BCUT2D eigenvalue weighted by Gasteiger charge is 2.23. The molecule has 1 unspecified atom stereocenters. The number of epoxide rings is 1. The highest BCUT2D eigenvalue weighted by Crippen LogP contribution is 2.18. The molecule has 0 aromatic carbocycles. The Kier molecular flexibility index (Phi) is 2.06. The average Bonchev–Trinajstić information content (AvgIpc) is 2.46. The van der Waals surface area contributed by atoms with Crippen LogP contribution in [0.25, 0.3) is 0 Å². The van der Waals surface area contributed by atoms with E-state index >= 15 is 0 Å². The third-order valence-corrected chi connectivity index (χ3v) is 1.15. The first-order chi connectivity index (χ1) is 4.68. The van der Waals surface area contributed by atoms with Crippen LogP contribution in [0.5, 0.6) is 0 Å². The fourth-order valence-corrected chi connectivity index (χ4v) is 0.685. The van der Waals surface area contributed by atoms with Crippen LogP contribution in [0, 0.1) is 0 Å². The van der Waals surface area contributed by atoms with Gasteiger partial charge in [-0.25, -0.2) is 0 Å². The van der Waals surface area contributed by atoms with Gasteiger partial charge in [0.05, 0.1) is 12.7 Å². The second-order valence-corrected chi connectivity index (χ2v) is 2.29. The maximum atomic E-state index is 10.3. The molecule has 0 spiro atoms. The molecule has 0 N–H and O–H groups in total. The van der Waals surface area contributed by atoms with Crippen molar-refractivity contribution in [2.75, 3.05) is 6.61 Å². The monoisotopic (exact) mass is 142 g/mol. The topological polar surface area (TPSA) is 38.8 Å². The average molecular weight is 142 g/mol. The highest BCUT2D eigenvalue weighted by molar-refractivity contribution is 5.67. The van der Waals surface area contributed by atoms with Crippen molar-refractivity contribution in [1.29, 1.82) is 0 Å². The number of ether oxygens (including phenoxy) is 2. The Balaban J connectivity index is 2.14. The molecule has 3 heteroatoms. The lowest BCUT2D eigenvalue weighted by atomic mass is 10.3. The van der Waals surface area contributed by atoms with Crippen LogP contribution in [0.1, 0.15) is 13.3 Å². The molecule has 0 saturated carbocycles. The van der Waals surface area contributed by atoms with E-state index in [1.165, 1.54) is 6.92 Å². The van der Waals surface area contributed by atoms with E-state index in [1.807, 2.05) is 0 Å². The maximum Gasteiger partial charge on any atom is 0.307 e. The fraction of sp³-hybridized carbons (Fsp3) is 0.571. The molecule has 0 bridgehead atoms. The summed E-state index contributed by atoms with van der Waals surface area (Å²) in [5.74, 6) is 0.181. The zero-order chi connectivity index (χ0) is 7.56. The van der Waals surface area contributed by atoms with E-state index < -0.39 is 0 Å². The van der Waals surface area contributed by atoms with E-state index in [2.05, 4.69) is 11.3 Å². The molecule has 0 radical (unpaired) electrons. The third-order valence-electron chi connectivity index (χ3n) is 1.15. The number of carbonyl (C=O) groups is 1. The van der Waals surface area contributed by atoms with Gasteiger partial charge in [-0.2, -0.15) is 0 Å². The molecule has 0 aliphatic carbocycles. The van der Waals surface area contributed by atoms with Gasteiger partial charge in [-0.3, -0.25) is 4.79 Å². The second kappa shape index (κ2) is 2.84. The number of esters is 1. The van der Waals surface area contributed by atoms with Crippen molar-refractivity contribution in [2.45, 2.75) is 19.4 Å². The minimum atomic E-state index is -0.314. The molecule has 1 fully saturated rings. The summed E-state index contributed by atoms with van der Waals surface area (Å²) in [5, 5.41) is 0. The predicted octanol–water partition coefficient (Wildman–Crippen LogP) is 0.852. The van der Waals surface area contributed by atoms with Crippen molar-refractivity contribution >= 4 is 5.97 Å². The van der Waals surface area contributed by atoms with Gasteiger partial charge < -0.3 is 9.47 Å². The SMILES string of the molecule is C=C(CC1CO1)OC(C)=O. The van der Waals surface area contributed by atoms with E-state index in [0.29, 0.717) is 12.2 Å². The largest absolute Gasteiger partial charge is 0.432 e. The van der Waals surface area contributed by atoms with Crippen molar-refractivity contribution in [3.63, 3.8) is 0 Å². The maximum absolute atomic E-state index is 10.3. The van der Waals surface area contributed by atoms with Gasteiger partial charge in [0.15, 0.2) is 0 Å². The quantitative estimate of drug-likeness (QED) is 0.333. The summed E-state index contributed by atoms with van der Waals surface area (Å²) in [6.45, 7) is 5.68. The molecular formula is C7H10O3. The van der Waals surface area contributed by atoms with Gasteiger partial charge in [0.25, 0.3) is 0 Å². The van der Waals surface area contributed by atoms with Gasteiger partial charge in [0, 0.05) is 13.3 Å². The molecule has 3 nitrogen and oxygen atoms in total. The van der Waals surface area contributed by atoms with Crippen LogP contribution < -0.4 is 0 Å². The molecule has 56 valence electrons. The van der Waals surface area contributed by atoms with Crippen LogP contribution in [0.15, 0.2) is 12.3 Å². The van der Waals surface area contributed by atoms with Crippen molar-refractivity contribution in [2.24, 2.45) is 0 Å². The highest BCUT2D eigenvalue weighted by atomic mass is 16.6. The summed E-state index contributed by atoms with van der Waals surface area (Å²) >= 11 is 0. The number of hydrogen-bond acceptors (Lipinski definition) is 3. The van der Waals surface area contributed by atoms with Crippen LogP contribution in [0.2, 0.25) is 0 Å². The lowest BCUT2D eigenvalue weighted by Crippen LogP contribution is -2.00. The molecule has 0 amide bonds. The minimum absolute atomic E-state index is 0.242. The first kappa shape index (κ1) is 7.28. The van der Waals surface area contributed by atoms with Gasteiger partial charge in [0.2, 0.25) is 0 Å². The molecule has 1 rings (SSSR count). The lowest BCUT2D eigenvalue weighted by molar-refractivity contribution is -0.137. The number of hydrogen-bond donors (Lipinski definition) is 0. The molecule has 1 saturated heterocycles. The first-order valence-corrected chi connectivity index (χ1v) is 3.16. The molecule has 1 aliphatic rings. The molecule has 1 atom stereocenters. The Hall–Kier alpha value is -0.830. The number of rotatable bonds is 3. The molecule has 0 aromatic rings. The lowest BCUT2D eigenvalue weighted by Gasteiger charge is -2.00. The van der Waals surface area contributed by atoms with Gasteiger partial charge in [0.1, 0.15) is 5.76 Å². The standard InChI is InChI=1S/C7H10O3/c1-5(10-6(2)8)3-7-4-9-7/h7H,1,3-4H2,2H3. The molecule has 1 aliphatic heterocycles.